The van der Waals surface area contributed by atoms with Gasteiger partial charge in [0.25, 0.3) is 5.91 Å². The lowest BCUT2D eigenvalue weighted by molar-refractivity contribution is -0.113. The lowest BCUT2D eigenvalue weighted by Crippen LogP contribution is -2.24. The van der Waals surface area contributed by atoms with E-state index in [0.29, 0.717) is 38.5 Å². The van der Waals surface area contributed by atoms with Crippen LogP contribution < -0.4 is 4.90 Å². The first kappa shape index (κ1) is 21.3. The highest BCUT2D eigenvalue weighted by Crippen LogP contribution is 2.36. The number of benzene rings is 3. The van der Waals surface area contributed by atoms with Crippen LogP contribution in [0, 0.1) is 5.82 Å². The SMILES string of the molecule is O=C1C(=Cc2ccc(-c3ccc(Cl)c(Cl)c3)o2)C=C(c2ccccc2)N1c1ccc(F)cc1. The number of nitrogens with zero attached hydrogens (tertiary/aromatic N) is 1. The first-order chi connectivity index (χ1) is 16.0. The Labute approximate surface area is 200 Å². The molecule has 1 aliphatic rings. The summed E-state index contributed by atoms with van der Waals surface area (Å²) in [4.78, 5) is 14.9. The molecule has 162 valence electrons. The van der Waals surface area contributed by atoms with Gasteiger partial charge < -0.3 is 4.42 Å². The monoisotopic (exact) mass is 475 g/mol. The summed E-state index contributed by atoms with van der Waals surface area (Å²) in [6.45, 7) is 0. The second-order valence-corrected chi connectivity index (χ2v) is 8.26. The number of carbonyl (C=O) groups is 1. The molecule has 0 spiro atoms. The number of hydrogen-bond donors (Lipinski definition) is 0. The molecule has 0 fully saturated rings. The molecule has 0 unspecified atom stereocenters. The smallest absolute Gasteiger partial charge is 0.263 e. The van der Waals surface area contributed by atoms with Gasteiger partial charge in [-0.15, -0.1) is 0 Å². The molecular weight excluding hydrogens is 460 g/mol. The average molecular weight is 476 g/mol. The Morgan fingerprint density at radius 3 is 2.30 bits per heavy atom. The lowest BCUT2D eigenvalue weighted by atomic mass is 10.1. The maximum Gasteiger partial charge on any atom is 0.263 e. The first-order valence-corrected chi connectivity index (χ1v) is 10.9. The van der Waals surface area contributed by atoms with E-state index in [2.05, 4.69) is 0 Å². The van der Waals surface area contributed by atoms with Crippen molar-refractivity contribution in [2.75, 3.05) is 4.90 Å². The Morgan fingerprint density at radius 2 is 1.58 bits per heavy atom. The molecule has 6 heteroatoms. The standard InChI is InChI=1S/C27H16Cl2FNO2/c28-23-12-6-18(15-24(23)29)26-13-11-22(33-26)14-19-16-25(17-4-2-1-3-5-17)31(27(19)32)21-9-7-20(30)8-10-21/h1-16H. The Balaban J connectivity index is 1.53. The van der Waals surface area contributed by atoms with Gasteiger partial charge in [0.15, 0.2) is 0 Å². The van der Waals surface area contributed by atoms with Crippen LogP contribution in [0.2, 0.25) is 10.0 Å². The highest BCUT2D eigenvalue weighted by molar-refractivity contribution is 6.42. The number of carbonyl (C=O) groups excluding carboxylic acids is 1. The summed E-state index contributed by atoms with van der Waals surface area (Å²) in [5.74, 6) is 0.530. The zero-order chi connectivity index (χ0) is 22.9. The fraction of sp³-hybridized carbons (Fsp3) is 0. The van der Waals surface area contributed by atoms with E-state index in [9.17, 15) is 9.18 Å². The van der Waals surface area contributed by atoms with Crippen LogP contribution in [0.5, 0.6) is 0 Å². The predicted molar refractivity (Wildman–Crippen MR) is 130 cm³/mol. The molecule has 3 aromatic carbocycles. The van der Waals surface area contributed by atoms with Crippen molar-refractivity contribution in [1.29, 1.82) is 0 Å². The summed E-state index contributed by atoms with van der Waals surface area (Å²) < 4.78 is 19.4. The quantitative estimate of drug-likeness (QED) is 0.281. The molecule has 0 atom stereocenters. The summed E-state index contributed by atoms with van der Waals surface area (Å²) in [6.07, 6.45) is 3.50. The molecule has 0 saturated carbocycles. The van der Waals surface area contributed by atoms with E-state index in [4.69, 9.17) is 27.6 Å². The molecule has 4 aromatic rings. The predicted octanol–water partition coefficient (Wildman–Crippen LogP) is 7.86. The molecule has 0 aliphatic carbocycles. The zero-order valence-corrected chi connectivity index (χ0v) is 18.6. The van der Waals surface area contributed by atoms with Crippen LogP contribution in [-0.2, 0) is 4.79 Å². The minimum Gasteiger partial charge on any atom is -0.457 e. The van der Waals surface area contributed by atoms with Crippen LogP contribution in [0.3, 0.4) is 0 Å². The highest BCUT2D eigenvalue weighted by atomic mass is 35.5. The molecule has 5 rings (SSSR count). The van der Waals surface area contributed by atoms with Crippen LogP contribution >= 0.6 is 23.2 Å². The summed E-state index contributed by atoms with van der Waals surface area (Å²) in [5.41, 5.74) is 3.38. The Hall–Kier alpha value is -3.60. The van der Waals surface area contributed by atoms with Crippen molar-refractivity contribution in [3.05, 3.63) is 124 Å². The molecule has 0 bridgehead atoms. The van der Waals surface area contributed by atoms with Gasteiger partial charge in [-0.05, 0) is 72.3 Å². The average Bonchev–Trinajstić information content (AvgIpc) is 3.42. The number of hydrogen-bond acceptors (Lipinski definition) is 2. The van der Waals surface area contributed by atoms with Gasteiger partial charge >= 0.3 is 0 Å². The molecule has 0 N–H and O–H groups in total. The van der Waals surface area contributed by atoms with E-state index in [1.807, 2.05) is 48.5 Å². The van der Waals surface area contributed by atoms with E-state index in [1.54, 1.807) is 41.3 Å². The summed E-state index contributed by atoms with van der Waals surface area (Å²) in [5, 5.41) is 0.896. The Bertz CT molecular complexity index is 1410. The number of anilines is 1. The van der Waals surface area contributed by atoms with Crippen molar-refractivity contribution in [1.82, 2.24) is 0 Å². The Morgan fingerprint density at radius 1 is 0.818 bits per heavy atom. The molecule has 1 aromatic heterocycles. The van der Waals surface area contributed by atoms with Gasteiger partial charge in [0.1, 0.15) is 17.3 Å². The second-order valence-electron chi connectivity index (χ2n) is 7.44. The van der Waals surface area contributed by atoms with Crippen molar-refractivity contribution in [3.8, 4) is 11.3 Å². The normalized spacial score (nSPS) is 14.8. The van der Waals surface area contributed by atoms with E-state index in [-0.39, 0.29) is 11.7 Å². The third-order valence-electron chi connectivity index (χ3n) is 5.27. The molecule has 0 saturated heterocycles. The molecule has 3 nitrogen and oxygen atoms in total. The molecule has 0 radical (unpaired) electrons. The molecule has 1 amide bonds. The van der Waals surface area contributed by atoms with Crippen LogP contribution in [0.1, 0.15) is 11.3 Å². The van der Waals surface area contributed by atoms with Crippen molar-refractivity contribution in [2.24, 2.45) is 0 Å². The van der Waals surface area contributed by atoms with Crippen LogP contribution in [-0.4, -0.2) is 5.91 Å². The fourth-order valence-electron chi connectivity index (χ4n) is 3.67. The van der Waals surface area contributed by atoms with Gasteiger partial charge in [-0.25, -0.2) is 4.39 Å². The third-order valence-corrected chi connectivity index (χ3v) is 6.01. The van der Waals surface area contributed by atoms with Crippen LogP contribution in [0.25, 0.3) is 23.1 Å². The number of furan rings is 1. The van der Waals surface area contributed by atoms with E-state index >= 15 is 0 Å². The molecule has 1 aliphatic heterocycles. The number of halogens is 3. The third kappa shape index (κ3) is 4.23. The summed E-state index contributed by atoms with van der Waals surface area (Å²) >= 11 is 12.1. The Kier molecular flexibility index (Phi) is 5.63. The summed E-state index contributed by atoms with van der Waals surface area (Å²) in [6, 6.07) is 24.3. The highest BCUT2D eigenvalue weighted by Gasteiger charge is 2.30. The summed E-state index contributed by atoms with van der Waals surface area (Å²) in [7, 11) is 0. The first-order valence-electron chi connectivity index (χ1n) is 10.1. The largest absolute Gasteiger partial charge is 0.457 e. The topological polar surface area (TPSA) is 33.5 Å². The maximum atomic E-state index is 13.5. The fourth-order valence-corrected chi connectivity index (χ4v) is 3.97. The van der Waals surface area contributed by atoms with Crippen molar-refractivity contribution in [2.45, 2.75) is 0 Å². The van der Waals surface area contributed by atoms with E-state index in [1.165, 1.54) is 12.1 Å². The minimum atomic E-state index is -0.364. The minimum absolute atomic E-state index is 0.229. The van der Waals surface area contributed by atoms with Crippen molar-refractivity contribution < 1.29 is 13.6 Å². The van der Waals surface area contributed by atoms with Crippen molar-refractivity contribution in [3.63, 3.8) is 0 Å². The van der Waals surface area contributed by atoms with E-state index < -0.39 is 0 Å². The van der Waals surface area contributed by atoms with Crippen LogP contribution in [0.4, 0.5) is 10.1 Å². The van der Waals surface area contributed by atoms with Gasteiger partial charge in [-0.1, -0.05) is 53.5 Å². The van der Waals surface area contributed by atoms with Crippen molar-refractivity contribution >= 4 is 46.6 Å². The second kappa shape index (κ2) is 8.74. The van der Waals surface area contributed by atoms with Gasteiger partial charge in [0, 0.05) is 16.8 Å². The number of amides is 1. The molecule has 2 heterocycles. The molecule has 33 heavy (non-hydrogen) atoms. The number of rotatable bonds is 4. The van der Waals surface area contributed by atoms with Gasteiger partial charge in [-0.2, -0.15) is 0 Å². The van der Waals surface area contributed by atoms with Gasteiger partial charge in [0.05, 0.1) is 15.7 Å². The van der Waals surface area contributed by atoms with E-state index in [0.717, 1.165) is 11.1 Å². The zero-order valence-electron chi connectivity index (χ0n) is 17.1. The van der Waals surface area contributed by atoms with Crippen LogP contribution in [0.15, 0.2) is 101 Å². The lowest BCUT2D eigenvalue weighted by Gasteiger charge is -2.20. The molecular formula is C27H16Cl2FNO2. The van der Waals surface area contributed by atoms with Gasteiger partial charge in [-0.3, -0.25) is 9.69 Å². The maximum absolute atomic E-state index is 13.5. The van der Waals surface area contributed by atoms with Gasteiger partial charge in [0.2, 0.25) is 0 Å².